The van der Waals surface area contributed by atoms with Gasteiger partial charge in [0.2, 0.25) is 11.8 Å². The summed E-state index contributed by atoms with van der Waals surface area (Å²) in [6.45, 7) is 4.25. The second-order valence-corrected chi connectivity index (χ2v) is 13.0. The number of rotatable bonds is 17. The van der Waals surface area contributed by atoms with Gasteiger partial charge in [-0.2, -0.15) is 0 Å². The smallest absolute Gasteiger partial charge is 0.407 e. The van der Waals surface area contributed by atoms with Gasteiger partial charge in [-0.3, -0.25) is 19.1 Å². The maximum atomic E-state index is 13.2. The number of nitrogens with one attached hydrogen (secondary N) is 4. The highest BCUT2D eigenvalue weighted by molar-refractivity contribution is 7.98. The molecule has 2 unspecified atom stereocenters. The number of aromatic nitrogens is 1. The Bertz CT molecular complexity index is 1360. The Balaban J connectivity index is 1.12. The molecule has 45 heavy (non-hydrogen) atoms. The number of fused-ring (bicyclic) bond motifs is 1. The summed E-state index contributed by atoms with van der Waals surface area (Å²) < 4.78 is 8.11. The number of benzene rings is 1. The predicted octanol–water partition coefficient (Wildman–Crippen LogP) is 4.14. The van der Waals surface area contributed by atoms with Gasteiger partial charge in [-0.25, -0.2) is 9.59 Å². The van der Waals surface area contributed by atoms with Crippen LogP contribution in [0.3, 0.4) is 0 Å². The summed E-state index contributed by atoms with van der Waals surface area (Å²) in [5.74, 6) is -1.99. The van der Waals surface area contributed by atoms with E-state index in [0.717, 1.165) is 55.0 Å². The first-order valence-electron chi connectivity index (χ1n) is 16.0. The third kappa shape index (κ3) is 9.87. The van der Waals surface area contributed by atoms with Gasteiger partial charge in [0.15, 0.2) is 0 Å². The number of unbranched alkanes of at least 4 members (excludes halogenated alkanes) is 3. The van der Waals surface area contributed by atoms with Crippen molar-refractivity contribution in [2.45, 2.75) is 95.4 Å². The molecule has 2 heterocycles. The first-order valence-corrected chi connectivity index (χ1v) is 16.9. The standard InChI is InChI=1S/C32H45N5O7S/c1-3-20(2)28(30(40)36-45-22-14-15-22)35-29(39)26-13-9-16-37(26)27(38)19-33-32(43)44-17-7-5-4-6-10-21-11-8-12-24-23(21)18-25(34-24)31(41)42/h8,11-12,18,20,22,26,28,34H,3-7,9-10,13-17,19H2,1-2H3,(H,33,43)(H,35,39)(H,36,40)(H,41,42)/t20-,26?,28?/m0/s1. The molecule has 1 aromatic heterocycles. The van der Waals surface area contributed by atoms with Crippen LogP contribution in [0.4, 0.5) is 4.79 Å². The van der Waals surface area contributed by atoms with E-state index in [4.69, 9.17) is 4.74 Å². The number of aromatic carboxylic acids is 1. The first-order chi connectivity index (χ1) is 21.7. The van der Waals surface area contributed by atoms with Crippen molar-refractivity contribution in [3.05, 3.63) is 35.5 Å². The molecule has 1 saturated carbocycles. The van der Waals surface area contributed by atoms with Gasteiger partial charge in [0.1, 0.15) is 24.3 Å². The molecule has 4 amide bonds. The molecule has 12 nitrogen and oxygen atoms in total. The maximum absolute atomic E-state index is 13.2. The number of likely N-dealkylation sites (tertiary alicyclic amines) is 1. The molecule has 0 bridgehead atoms. The molecule has 1 aromatic carbocycles. The quantitative estimate of drug-likeness (QED) is 0.127. The van der Waals surface area contributed by atoms with Crippen molar-refractivity contribution in [3.63, 3.8) is 0 Å². The number of carbonyl (C=O) groups is 5. The monoisotopic (exact) mass is 643 g/mol. The van der Waals surface area contributed by atoms with Crippen molar-refractivity contribution in [2.24, 2.45) is 5.92 Å². The number of amides is 4. The lowest BCUT2D eigenvalue weighted by Gasteiger charge is -2.28. The summed E-state index contributed by atoms with van der Waals surface area (Å²) in [4.78, 5) is 66.7. The molecule has 1 saturated heterocycles. The maximum Gasteiger partial charge on any atom is 0.407 e. The molecule has 3 atom stereocenters. The van der Waals surface area contributed by atoms with Crippen molar-refractivity contribution >= 4 is 52.6 Å². The van der Waals surface area contributed by atoms with Crippen molar-refractivity contribution in [1.82, 2.24) is 25.2 Å². The second-order valence-electron chi connectivity index (χ2n) is 11.9. The lowest BCUT2D eigenvalue weighted by atomic mass is 9.98. The Morgan fingerprint density at radius 3 is 2.62 bits per heavy atom. The molecule has 246 valence electrons. The fourth-order valence-electron chi connectivity index (χ4n) is 5.47. The lowest BCUT2D eigenvalue weighted by Crippen LogP contribution is -2.55. The summed E-state index contributed by atoms with van der Waals surface area (Å²) in [6.07, 6.45) is 7.55. The Kier molecular flexibility index (Phi) is 12.5. The fraction of sp³-hybridized carbons (Fsp3) is 0.594. The van der Waals surface area contributed by atoms with E-state index in [9.17, 15) is 29.1 Å². The number of hydrogen-bond acceptors (Lipinski definition) is 7. The van der Waals surface area contributed by atoms with E-state index < -0.39 is 24.1 Å². The number of aromatic amines is 1. The molecule has 1 aliphatic carbocycles. The number of ether oxygens (including phenoxy) is 1. The average Bonchev–Trinajstić information content (AvgIpc) is 3.53. The van der Waals surface area contributed by atoms with Crippen LogP contribution in [0.1, 0.15) is 87.7 Å². The van der Waals surface area contributed by atoms with Gasteiger partial charge in [-0.05, 0) is 80.5 Å². The van der Waals surface area contributed by atoms with Gasteiger partial charge in [-0.15, -0.1) is 0 Å². The van der Waals surface area contributed by atoms with Crippen LogP contribution in [-0.2, 0) is 25.5 Å². The summed E-state index contributed by atoms with van der Waals surface area (Å²) in [5, 5.41) is 16.0. The molecule has 4 rings (SSSR count). The van der Waals surface area contributed by atoms with Gasteiger partial charge < -0.3 is 30.4 Å². The Morgan fingerprint density at radius 1 is 1.11 bits per heavy atom. The lowest BCUT2D eigenvalue weighted by molar-refractivity contribution is -0.139. The van der Waals surface area contributed by atoms with Crippen LogP contribution in [0.2, 0.25) is 0 Å². The Hall–Kier alpha value is -3.74. The number of carbonyl (C=O) groups excluding carboxylic acids is 4. The third-order valence-electron chi connectivity index (χ3n) is 8.46. The highest BCUT2D eigenvalue weighted by Gasteiger charge is 2.37. The minimum atomic E-state index is -0.982. The summed E-state index contributed by atoms with van der Waals surface area (Å²) in [5.41, 5.74) is 2.08. The molecule has 1 aliphatic heterocycles. The van der Waals surface area contributed by atoms with Crippen LogP contribution in [0, 0.1) is 5.92 Å². The number of carboxylic acids is 1. The summed E-state index contributed by atoms with van der Waals surface area (Å²) in [7, 11) is 0. The molecular formula is C32H45N5O7S. The largest absolute Gasteiger partial charge is 0.477 e. The molecule has 2 aliphatic rings. The number of H-pyrrole nitrogens is 1. The van der Waals surface area contributed by atoms with Crippen molar-refractivity contribution in [2.75, 3.05) is 19.7 Å². The molecule has 13 heteroatoms. The third-order valence-corrected chi connectivity index (χ3v) is 9.59. The summed E-state index contributed by atoms with van der Waals surface area (Å²) >= 11 is 1.41. The number of hydrogen-bond donors (Lipinski definition) is 5. The van der Waals surface area contributed by atoms with E-state index in [-0.39, 0.29) is 42.5 Å². The van der Waals surface area contributed by atoms with Gasteiger partial charge >= 0.3 is 12.1 Å². The van der Waals surface area contributed by atoms with Crippen molar-refractivity contribution < 1.29 is 33.8 Å². The van der Waals surface area contributed by atoms with Crippen molar-refractivity contribution in [3.8, 4) is 0 Å². The zero-order chi connectivity index (χ0) is 32.3. The normalized spacial score (nSPS) is 17.5. The number of nitrogens with zero attached hydrogens (tertiary/aromatic N) is 1. The number of alkyl carbamates (subject to hydrolysis) is 1. The molecule has 0 radical (unpaired) electrons. The van der Waals surface area contributed by atoms with Crippen molar-refractivity contribution in [1.29, 1.82) is 0 Å². The molecule has 5 N–H and O–H groups in total. The van der Waals surface area contributed by atoms with Crippen LogP contribution >= 0.6 is 11.9 Å². The van der Waals surface area contributed by atoms with E-state index in [1.807, 2.05) is 32.0 Å². The minimum Gasteiger partial charge on any atom is -0.477 e. The van der Waals surface area contributed by atoms with Crippen LogP contribution in [0.25, 0.3) is 10.9 Å². The second kappa shape index (κ2) is 16.5. The Labute approximate surface area is 267 Å². The Morgan fingerprint density at radius 2 is 1.89 bits per heavy atom. The van der Waals surface area contributed by atoms with E-state index in [1.165, 1.54) is 16.8 Å². The van der Waals surface area contributed by atoms with Gasteiger partial charge in [-0.1, -0.05) is 45.2 Å². The van der Waals surface area contributed by atoms with E-state index in [0.29, 0.717) is 37.5 Å². The highest BCUT2D eigenvalue weighted by Crippen LogP contribution is 2.32. The molecule has 2 fully saturated rings. The van der Waals surface area contributed by atoms with Gasteiger partial charge in [0, 0.05) is 22.7 Å². The molecular weight excluding hydrogens is 598 g/mol. The summed E-state index contributed by atoms with van der Waals surface area (Å²) in [6, 6.07) is 6.09. The molecule has 2 aromatic rings. The highest BCUT2D eigenvalue weighted by atomic mass is 32.2. The van der Waals surface area contributed by atoms with Crippen LogP contribution < -0.4 is 15.4 Å². The zero-order valence-electron chi connectivity index (χ0n) is 26.1. The fourth-order valence-corrected chi connectivity index (χ4v) is 6.25. The number of carboxylic acid groups (broad SMARTS) is 1. The SMILES string of the molecule is CC[C@H](C)C(NC(=O)C1CCCN1C(=O)CNC(=O)OCCCCCCc1cccc2[nH]c(C(=O)O)cc12)C(=O)NSC1CC1. The van der Waals surface area contributed by atoms with E-state index in [1.54, 1.807) is 6.07 Å². The van der Waals surface area contributed by atoms with Crippen LogP contribution in [0.15, 0.2) is 24.3 Å². The van der Waals surface area contributed by atoms with E-state index >= 15 is 0 Å². The number of aryl methyl sites for hydroxylation is 1. The molecule has 0 spiro atoms. The van der Waals surface area contributed by atoms with Gasteiger partial charge in [0.25, 0.3) is 5.91 Å². The van der Waals surface area contributed by atoms with Crippen LogP contribution in [-0.4, -0.2) is 81.8 Å². The average molecular weight is 644 g/mol. The van der Waals surface area contributed by atoms with E-state index in [2.05, 4.69) is 20.3 Å². The predicted molar refractivity (Wildman–Crippen MR) is 172 cm³/mol. The topological polar surface area (TPSA) is 170 Å². The van der Waals surface area contributed by atoms with Gasteiger partial charge in [0.05, 0.1) is 6.61 Å². The first kappa shape index (κ1) is 34.1. The minimum absolute atomic E-state index is 0.0656. The zero-order valence-corrected chi connectivity index (χ0v) is 26.9. The van der Waals surface area contributed by atoms with Crippen LogP contribution in [0.5, 0.6) is 0 Å².